The first-order valence-electron chi connectivity index (χ1n) is 6.34. The van der Waals surface area contributed by atoms with Crippen LogP contribution in [0, 0.1) is 11.8 Å². The van der Waals surface area contributed by atoms with Crippen LogP contribution in [0.2, 0.25) is 0 Å². The van der Waals surface area contributed by atoms with Gasteiger partial charge in [-0.05, 0) is 38.1 Å². The second-order valence-electron chi connectivity index (χ2n) is 5.36. The van der Waals surface area contributed by atoms with Gasteiger partial charge in [-0.25, -0.2) is 8.42 Å². The summed E-state index contributed by atoms with van der Waals surface area (Å²) in [6.45, 7) is 6.29. The molecule has 3 unspecified atom stereocenters. The molecule has 0 bridgehead atoms. The minimum Gasteiger partial charge on any atom is -0.330 e. The molecule has 0 spiro atoms. The van der Waals surface area contributed by atoms with Crippen molar-refractivity contribution in [2.24, 2.45) is 17.6 Å². The molecular weight excluding hydrogens is 222 g/mol. The molecule has 2 N–H and O–H groups in total. The zero-order chi connectivity index (χ0) is 12.3. The zero-order valence-corrected chi connectivity index (χ0v) is 11.5. The molecule has 0 aromatic carbocycles. The Bertz CT molecular complexity index is 311. The largest absolute Gasteiger partial charge is 0.330 e. The quantitative estimate of drug-likeness (QED) is 0.826. The smallest absolute Gasteiger partial charge is 0.156 e. The fourth-order valence-electron chi connectivity index (χ4n) is 2.53. The van der Waals surface area contributed by atoms with Crippen LogP contribution in [0.25, 0.3) is 0 Å². The highest BCUT2D eigenvalue weighted by atomic mass is 32.2. The third-order valence-corrected chi connectivity index (χ3v) is 7.07. The van der Waals surface area contributed by atoms with Gasteiger partial charge in [-0.3, -0.25) is 0 Å². The summed E-state index contributed by atoms with van der Waals surface area (Å²) in [5.41, 5.74) is 5.70. The van der Waals surface area contributed by atoms with E-state index in [1.165, 1.54) is 0 Å². The lowest BCUT2D eigenvalue weighted by molar-refractivity contribution is 0.359. The van der Waals surface area contributed by atoms with E-state index in [9.17, 15) is 8.42 Å². The van der Waals surface area contributed by atoms with Gasteiger partial charge in [-0.1, -0.05) is 26.7 Å². The highest BCUT2D eigenvalue weighted by Gasteiger charge is 2.38. The van der Waals surface area contributed by atoms with Crippen molar-refractivity contribution < 1.29 is 8.42 Å². The molecule has 1 rings (SSSR count). The standard InChI is InChI=1S/C12H25NO2S/c1-9(2)10(3)16(14,15)12-7-5-4-6-11(12)8-13/h9-12H,4-8,13H2,1-3H3. The predicted molar refractivity (Wildman–Crippen MR) is 68.0 cm³/mol. The van der Waals surface area contributed by atoms with Crippen molar-refractivity contribution in [3.63, 3.8) is 0 Å². The van der Waals surface area contributed by atoms with E-state index in [1.807, 2.05) is 20.8 Å². The van der Waals surface area contributed by atoms with Crippen molar-refractivity contribution in [3.05, 3.63) is 0 Å². The molecule has 0 radical (unpaired) electrons. The van der Waals surface area contributed by atoms with Crippen molar-refractivity contribution in [3.8, 4) is 0 Å². The van der Waals surface area contributed by atoms with Gasteiger partial charge in [0.15, 0.2) is 9.84 Å². The van der Waals surface area contributed by atoms with E-state index in [1.54, 1.807) is 0 Å². The van der Waals surface area contributed by atoms with Crippen LogP contribution >= 0.6 is 0 Å². The van der Waals surface area contributed by atoms with Crippen molar-refractivity contribution in [2.45, 2.75) is 57.0 Å². The normalized spacial score (nSPS) is 29.3. The van der Waals surface area contributed by atoms with Crippen LogP contribution in [-0.4, -0.2) is 25.5 Å². The van der Waals surface area contributed by atoms with Gasteiger partial charge in [0.2, 0.25) is 0 Å². The minimum absolute atomic E-state index is 0.181. The maximum Gasteiger partial charge on any atom is 0.156 e. The summed E-state index contributed by atoms with van der Waals surface area (Å²) in [7, 11) is -3.00. The van der Waals surface area contributed by atoms with Crippen LogP contribution in [0.4, 0.5) is 0 Å². The average molecular weight is 247 g/mol. The fourth-order valence-corrected chi connectivity index (χ4v) is 5.12. The summed E-state index contributed by atoms with van der Waals surface area (Å²) in [6.07, 6.45) is 3.95. The highest BCUT2D eigenvalue weighted by Crippen LogP contribution is 2.32. The molecule has 0 aromatic heterocycles. The van der Waals surface area contributed by atoms with E-state index in [0.29, 0.717) is 6.54 Å². The average Bonchev–Trinajstić information content (AvgIpc) is 2.27. The molecule has 0 heterocycles. The van der Waals surface area contributed by atoms with Gasteiger partial charge >= 0.3 is 0 Å². The van der Waals surface area contributed by atoms with E-state index >= 15 is 0 Å². The molecule has 96 valence electrons. The third-order valence-electron chi connectivity index (χ3n) is 4.02. The van der Waals surface area contributed by atoms with E-state index in [-0.39, 0.29) is 22.3 Å². The van der Waals surface area contributed by atoms with Gasteiger partial charge < -0.3 is 5.73 Å². The molecular formula is C12H25NO2S. The summed E-state index contributed by atoms with van der Waals surface area (Å²) in [5.74, 6) is 0.366. The number of hydrogen-bond acceptors (Lipinski definition) is 3. The summed E-state index contributed by atoms with van der Waals surface area (Å²) >= 11 is 0. The molecule has 1 saturated carbocycles. The molecule has 0 amide bonds. The maximum atomic E-state index is 12.4. The SMILES string of the molecule is CC(C)C(C)S(=O)(=O)C1CCCCC1CN. The summed E-state index contributed by atoms with van der Waals surface area (Å²) < 4.78 is 24.9. The van der Waals surface area contributed by atoms with Gasteiger partial charge in [-0.15, -0.1) is 0 Å². The van der Waals surface area contributed by atoms with Crippen LogP contribution in [0.5, 0.6) is 0 Å². The van der Waals surface area contributed by atoms with E-state index in [0.717, 1.165) is 25.7 Å². The van der Waals surface area contributed by atoms with Gasteiger partial charge in [0.25, 0.3) is 0 Å². The summed E-state index contributed by atoms with van der Waals surface area (Å²) in [4.78, 5) is 0. The molecule has 3 nitrogen and oxygen atoms in total. The lowest BCUT2D eigenvalue weighted by Gasteiger charge is -2.33. The van der Waals surface area contributed by atoms with Crippen molar-refractivity contribution in [2.75, 3.05) is 6.54 Å². The topological polar surface area (TPSA) is 60.2 Å². The fraction of sp³-hybridized carbons (Fsp3) is 1.00. The minimum atomic E-state index is -3.00. The first-order chi connectivity index (χ1) is 7.41. The zero-order valence-electron chi connectivity index (χ0n) is 10.6. The number of nitrogens with two attached hydrogens (primary N) is 1. The molecule has 1 aliphatic carbocycles. The van der Waals surface area contributed by atoms with Crippen LogP contribution < -0.4 is 5.73 Å². The van der Waals surface area contributed by atoms with Gasteiger partial charge in [0.1, 0.15) is 0 Å². The van der Waals surface area contributed by atoms with Crippen molar-refractivity contribution >= 4 is 9.84 Å². The Kier molecular flexibility index (Phi) is 4.80. The van der Waals surface area contributed by atoms with Crippen LogP contribution in [0.1, 0.15) is 46.5 Å². The molecule has 1 aliphatic rings. The second kappa shape index (κ2) is 5.50. The highest BCUT2D eigenvalue weighted by molar-refractivity contribution is 7.92. The Morgan fingerprint density at radius 2 is 1.75 bits per heavy atom. The maximum absolute atomic E-state index is 12.4. The van der Waals surface area contributed by atoms with Crippen molar-refractivity contribution in [1.29, 1.82) is 0 Å². The molecule has 1 fully saturated rings. The Hall–Kier alpha value is -0.0900. The van der Waals surface area contributed by atoms with E-state index in [2.05, 4.69) is 0 Å². The predicted octanol–water partition coefficient (Wildman–Crippen LogP) is 1.96. The first kappa shape index (κ1) is 14.0. The van der Waals surface area contributed by atoms with Crippen LogP contribution in [-0.2, 0) is 9.84 Å². The molecule has 4 heteroatoms. The van der Waals surface area contributed by atoms with Crippen molar-refractivity contribution in [1.82, 2.24) is 0 Å². The Labute approximate surface area is 99.7 Å². The second-order valence-corrected chi connectivity index (χ2v) is 7.88. The molecule has 0 aromatic rings. The number of hydrogen-bond donors (Lipinski definition) is 1. The molecule has 3 atom stereocenters. The monoisotopic (exact) mass is 247 g/mol. The number of sulfone groups is 1. The molecule has 0 aliphatic heterocycles. The van der Waals surface area contributed by atoms with Gasteiger partial charge in [0.05, 0.1) is 10.5 Å². The Morgan fingerprint density at radius 3 is 2.25 bits per heavy atom. The molecule has 16 heavy (non-hydrogen) atoms. The van der Waals surface area contributed by atoms with E-state index < -0.39 is 9.84 Å². The lowest BCUT2D eigenvalue weighted by atomic mass is 9.89. The summed E-state index contributed by atoms with van der Waals surface area (Å²) in [5, 5.41) is -0.437. The third kappa shape index (κ3) is 2.77. The number of rotatable bonds is 4. The van der Waals surface area contributed by atoms with Gasteiger partial charge in [-0.2, -0.15) is 0 Å². The van der Waals surface area contributed by atoms with Crippen LogP contribution in [0.15, 0.2) is 0 Å². The van der Waals surface area contributed by atoms with Gasteiger partial charge in [0, 0.05) is 0 Å². The first-order valence-corrected chi connectivity index (χ1v) is 7.95. The molecule has 0 saturated heterocycles. The van der Waals surface area contributed by atoms with Crippen LogP contribution in [0.3, 0.4) is 0 Å². The lowest BCUT2D eigenvalue weighted by Crippen LogP contribution is -2.42. The Balaban J connectivity index is 2.88. The van der Waals surface area contributed by atoms with E-state index in [4.69, 9.17) is 5.73 Å². The Morgan fingerprint density at radius 1 is 1.19 bits per heavy atom. The summed E-state index contributed by atoms with van der Waals surface area (Å²) in [6, 6.07) is 0.